The summed E-state index contributed by atoms with van der Waals surface area (Å²) in [6.45, 7) is 0.664. The van der Waals surface area contributed by atoms with Gasteiger partial charge in [0.25, 0.3) is 0 Å². The SMILES string of the molecule is NC(=O)N1CCCCC(S(=O)(=O)c2ccccn2)C1. The number of nitrogens with two attached hydrogens (primary N) is 1. The van der Waals surface area contributed by atoms with Gasteiger partial charge in [-0.15, -0.1) is 0 Å². The van der Waals surface area contributed by atoms with E-state index >= 15 is 0 Å². The van der Waals surface area contributed by atoms with Gasteiger partial charge in [-0.05, 0) is 25.0 Å². The normalized spacial score (nSPS) is 20.8. The molecule has 1 fully saturated rings. The van der Waals surface area contributed by atoms with E-state index in [-0.39, 0.29) is 11.6 Å². The van der Waals surface area contributed by atoms with Crippen molar-refractivity contribution in [3.63, 3.8) is 0 Å². The maximum atomic E-state index is 12.5. The number of likely N-dealkylation sites (tertiary alicyclic amines) is 1. The Labute approximate surface area is 112 Å². The molecule has 0 spiro atoms. The van der Waals surface area contributed by atoms with E-state index in [2.05, 4.69) is 4.98 Å². The van der Waals surface area contributed by atoms with Crippen LogP contribution in [-0.4, -0.2) is 42.7 Å². The van der Waals surface area contributed by atoms with Crippen molar-refractivity contribution < 1.29 is 13.2 Å². The lowest BCUT2D eigenvalue weighted by atomic mass is 10.2. The summed E-state index contributed by atoms with van der Waals surface area (Å²) in [5, 5.41) is -0.566. The Balaban J connectivity index is 2.26. The van der Waals surface area contributed by atoms with Crippen LogP contribution in [0.25, 0.3) is 0 Å². The van der Waals surface area contributed by atoms with Crippen LogP contribution in [0.5, 0.6) is 0 Å². The second kappa shape index (κ2) is 5.56. The van der Waals surface area contributed by atoms with Crippen molar-refractivity contribution in [2.24, 2.45) is 5.73 Å². The topological polar surface area (TPSA) is 93.4 Å². The molecule has 1 unspecified atom stereocenters. The van der Waals surface area contributed by atoms with Gasteiger partial charge in [-0.2, -0.15) is 0 Å². The van der Waals surface area contributed by atoms with Crippen LogP contribution in [0, 0.1) is 0 Å². The van der Waals surface area contributed by atoms with E-state index < -0.39 is 21.1 Å². The molecule has 1 aromatic rings. The Bertz CT molecular complexity index is 545. The number of aromatic nitrogens is 1. The molecule has 0 aliphatic carbocycles. The number of amides is 2. The van der Waals surface area contributed by atoms with E-state index in [0.29, 0.717) is 13.0 Å². The second-order valence-corrected chi connectivity index (χ2v) is 6.79. The minimum Gasteiger partial charge on any atom is -0.351 e. The standard InChI is InChI=1S/C12H17N3O3S/c13-12(16)15-8-4-2-5-10(9-15)19(17,18)11-6-1-3-7-14-11/h1,3,6-7,10H,2,4-5,8-9H2,(H2,13,16). The lowest BCUT2D eigenvalue weighted by molar-refractivity contribution is 0.210. The molecule has 2 rings (SSSR count). The molecule has 1 atom stereocenters. The predicted octanol–water partition coefficient (Wildman–Crippen LogP) is 0.788. The van der Waals surface area contributed by atoms with Crippen LogP contribution in [0.15, 0.2) is 29.4 Å². The highest BCUT2D eigenvalue weighted by Crippen LogP contribution is 2.22. The van der Waals surface area contributed by atoms with E-state index in [1.807, 2.05) is 0 Å². The fraction of sp³-hybridized carbons (Fsp3) is 0.500. The van der Waals surface area contributed by atoms with Crippen LogP contribution < -0.4 is 5.73 Å². The fourth-order valence-corrected chi connectivity index (χ4v) is 3.91. The molecule has 104 valence electrons. The first-order valence-electron chi connectivity index (χ1n) is 6.21. The number of primary amides is 1. The smallest absolute Gasteiger partial charge is 0.314 e. The molecule has 1 aromatic heterocycles. The molecule has 1 aliphatic heterocycles. The number of hydrogen-bond acceptors (Lipinski definition) is 4. The Morgan fingerprint density at radius 1 is 1.37 bits per heavy atom. The van der Waals surface area contributed by atoms with Crippen LogP contribution in [-0.2, 0) is 9.84 Å². The molecule has 2 heterocycles. The van der Waals surface area contributed by atoms with Gasteiger partial charge in [0.1, 0.15) is 0 Å². The number of urea groups is 1. The average Bonchev–Trinajstić information content (AvgIpc) is 2.66. The van der Waals surface area contributed by atoms with Crippen molar-refractivity contribution in [2.45, 2.75) is 29.5 Å². The summed E-state index contributed by atoms with van der Waals surface area (Å²) < 4.78 is 24.9. The largest absolute Gasteiger partial charge is 0.351 e. The summed E-state index contributed by atoms with van der Waals surface area (Å²) in [4.78, 5) is 16.6. The van der Waals surface area contributed by atoms with Crippen LogP contribution in [0.4, 0.5) is 4.79 Å². The molecule has 0 saturated carbocycles. The second-order valence-electron chi connectivity index (χ2n) is 4.62. The molecule has 2 N–H and O–H groups in total. The molecule has 0 radical (unpaired) electrons. The van der Waals surface area contributed by atoms with Crippen LogP contribution in [0.1, 0.15) is 19.3 Å². The van der Waals surface area contributed by atoms with Crippen molar-refractivity contribution >= 4 is 15.9 Å². The summed E-state index contributed by atoms with van der Waals surface area (Å²) in [6.07, 6.45) is 3.52. The van der Waals surface area contributed by atoms with Crippen molar-refractivity contribution in [2.75, 3.05) is 13.1 Å². The third-order valence-electron chi connectivity index (χ3n) is 3.31. The van der Waals surface area contributed by atoms with E-state index in [1.165, 1.54) is 17.2 Å². The van der Waals surface area contributed by atoms with Gasteiger partial charge >= 0.3 is 6.03 Å². The Hall–Kier alpha value is -1.63. The van der Waals surface area contributed by atoms with E-state index in [9.17, 15) is 13.2 Å². The van der Waals surface area contributed by atoms with E-state index in [4.69, 9.17) is 5.73 Å². The molecule has 0 aromatic carbocycles. The highest BCUT2D eigenvalue weighted by atomic mass is 32.2. The highest BCUT2D eigenvalue weighted by Gasteiger charge is 2.32. The highest BCUT2D eigenvalue weighted by molar-refractivity contribution is 7.92. The summed E-state index contributed by atoms with van der Waals surface area (Å²) >= 11 is 0. The molecule has 2 amide bonds. The van der Waals surface area contributed by atoms with Gasteiger partial charge < -0.3 is 10.6 Å². The third kappa shape index (κ3) is 3.04. The summed E-state index contributed by atoms with van der Waals surface area (Å²) in [5.74, 6) is 0. The molecule has 6 nitrogen and oxygen atoms in total. The lowest BCUT2D eigenvalue weighted by Gasteiger charge is -2.22. The Morgan fingerprint density at radius 2 is 2.16 bits per heavy atom. The molecule has 1 saturated heterocycles. The summed E-state index contributed by atoms with van der Waals surface area (Å²) in [7, 11) is -3.51. The minimum atomic E-state index is -3.51. The number of sulfone groups is 1. The first kappa shape index (κ1) is 13.8. The monoisotopic (exact) mass is 283 g/mol. The molecule has 1 aliphatic rings. The maximum Gasteiger partial charge on any atom is 0.314 e. The molecule has 0 bridgehead atoms. The number of rotatable bonds is 2. The summed E-state index contributed by atoms with van der Waals surface area (Å²) in [6, 6.07) is 4.22. The first-order valence-corrected chi connectivity index (χ1v) is 7.76. The minimum absolute atomic E-state index is 0.0614. The van der Waals surface area contributed by atoms with Gasteiger partial charge in [0.15, 0.2) is 14.9 Å². The van der Waals surface area contributed by atoms with E-state index in [0.717, 1.165) is 12.8 Å². The number of hydrogen-bond donors (Lipinski definition) is 1. The van der Waals surface area contributed by atoms with Crippen LogP contribution >= 0.6 is 0 Å². The number of pyridine rings is 1. The first-order chi connectivity index (χ1) is 9.01. The van der Waals surface area contributed by atoms with Gasteiger partial charge in [-0.3, -0.25) is 0 Å². The molecular formula is C12H17N3O3S. The zero-order chi connectivity index (χ0) is 13.9. The van der Waals surface area contributed by atoms with Gasteiger partial charge in [-0.1, -0.05) is 12.5 Å². The number of carbonyl (C=O) groups is 1. The van der Waals surface area contributed by atoms with E-state index in [1.54, 1.807) is 12.1 Å². The Kier molecular flexibility index (Phi) is 4.04. The van der Waals surface area contributed by atoms with Crippen LogP contribution in [0.2, 0.25) is 0 Å². The van der Waals surface area contributed by atoms with Gasteiger partial charge in [0, 0.05) is 19.3 Å². The van der Waals surface area contributed by atoms with Gasteiger partial charge in [0.2, 0.25) is 0 Å². The maximum absolute atomic E-state index is 12.5. The predicted molar refractivity (Wildman–Crippen MR) is 70.2 cm³/mol. The third-order valence-corrected chi connectivity index (χ3v) is 5.39. The Morgan fingerprint density at radius 3 is 2.79 bits per heavy atom. The molecular weight excluding hydrogens is 266 g/mol. The van der Waals surface area contributed by atoms with Gasteiger partial charge in [0.05, 0.1) is 5.25 Å². The van der Waals surface area contributed by atoms with Gasteiger partial charge in [-0.25, -0.2) is 18.2 Å². The summed E-state index contributed by atoms with van der Waals surface area (Å²) in [5.41, 5.74) is 5.26. The molecule has 7 heteroatoms. The lowest BCUT2D eigenvalue weighted by Crippen LogP contribution is -2.42. The average molecular weight is 283 g/mol. The number of carbonyl (C=O) groups excluding carboxylic acids is 1. The fourth-order valence-electron chi connectivity index (χ4n) is 2.24. The van der Waals surface area contributed by atoms with Crippen molar-refractivity contribution in [1.82, 2.24) is 9.88 Å². The molecule has 19 heavy (non-hydrogen) atoms. The number of nitrogens with zero attached hydrogens (tertiary/aromatic N) is 2. The zero-order valence-corrected chi connectivity index (χ0v) is 11.3. The van der Waals surface area contributed by atoms with Crippen molar-refractivity contribution in [3.05, 3.63) is 24.4 Å². The van der Waals surface area contributed by atoms with Crippen molar-refractivity contribution in [3.8, 4) is 0 Å². The quantitative estimate of drug-likeness (QED) is 0.868. The van der Waals surface area contributed by atoms with Crippen molar-refractivity contribution in [1.29, 1.82) is 0 Å². The van der Waals surface area contributed by atoms with Crippen LogP contribution in [0.3, 0.4) is 0 Å². The zero-order valence-electron chi connectivity index (χ0n) is 10.5.